The molecule has 0 aliphatic rings. The van der Waals surface area contributed by atoms with Crippen molar-refractivity contribution in [3.8, 4) is 0 Å². The first-order valence-corrected chi connectivity index (χ1v) is 7.67. The molecule has 3 N–H and O–H groups in total. The van der Waals surface area contributed by atoms with E-state index < -0.39 is 24.4 Å². The summed E-state index contributed by atoms with van der Waals surface area (Å²) in [5.74, 6) is -2.27. The summed E-state index contributed by atoms with van der Waals surface area (Å²) < 4.78 is 4.87. The predicted octanol–water partition coefficient (Wildman–Crippen LogP) is -0.0409. The molecule has 0 aliphatic heterocycles. The van der Waals surface area contributed by atoms with Crippen molar-refractivity contribution in [1.29, 1.82) is 0 Å². The first-order chi connectivity index (χ1) is 11.9. The molecular weight excluding hydrogens is 326 g/mol. The number of nitrogens with one attached hydrogen (secondary N) is 3. The molecule has 0 saturated heterocycles. The molecule has 0 unspecified atom stereocenters. The van der Waals surface area contributed by atoms with Crippen molar-refractivity contribution in [3.63, 3.8) is 0 Å². The molecule has 0 spiro atoms. The monoisotopic (exact) mass is 347 g/mol. The van der Waals surface area contributed by atoms with Gasteiger partial charge in [-0.25, -0.2) is 4.79 Å². The van der Waals surface area contributed by atoms with E-state index in [0.717, 1.165) is 0 Å². The highest BCUT2D eigenvalue weighted by atomic mass is 16.5. The molecule has 0 bridgehead atoms. The Morgan fingerprint density at radius 3 is 2.32 bits per heavy atom. The zero-order chi connectivity index (χ0) is 18.7. The fourth-order valence-electron chi connectivity index (χ4n) is 1.75. The van der Waals surface area contributed by atoms with Gasteiger partial charge in [0.05, 0.1) is 6.54 Å². The molecule has 1 aromatic rings. The van der Waals surface area contributed by atoms with Gasteiger partial charge in [-0.05, 0) is 18.6 Å². The third kappa shape index (κ3) is 8.31. The quantitative estimate of drug-likeness (QED) is 0.451. The minimum Gasteiger partial charge on any atom is -0.451 e. The number of carbonyl (C=O) groups is 4. The topological polar surface area (TPSA) is 114 Å². The summed E-state index contributed by atoms with van der Waals surface area (Å²) >= 11 is 0. The van der Waals surface area contributed by atoms with Crippen molar-refractivity contribution in [1.82, 2.24) is 16.0 Å². The summed E-state index contributed by atoms with van der Waals surface area (Å²) in [4.78, 5) is 46.1. The number of rotatable bonds is 8. The van der Waals surface area contributed by atoms with Crippen molar-refractivity contribution in [2.75, 3.05) is 19.7 Å². The van der Waals surface area contributed by atoms with Crippen LogP contribution in [0.3, 0.4) is 0 Å². The summed E-state index contributed by atoms with van der Waals surface area (Å²) in [7, 11) is 0. The van der Waals surface area contributed by atoms with E-state index >= 15 is 0 Å². The van der Waals surface area contributed by atoms with E-state index in [0.29, 0.717) is 12.1 Å². The molecule has 0 atom stereocenters. The van der Waals surface area contributed by atoms with Gasteiger partial charge in [-0.15, -0.1) is 0 Å². The number of hydrogen-bond donors (Lipinski definition) is 3. The number of amides is 3. The second-order valence-electron chi connectivity index (χ2n) is 4.96. The normalized spacial score (nSPS) is 10.6. The van der Waals surface area contributed by atoms with E-state index in [2.05, 4.69) is 16.0 Å². The van der Waals surface area contributed by atoms with Crippen LogP contribution >= 0.6 is 0 Å². The summed E-state index contributed by atoms with van der Waals surface area (Å²) in [6.45, 7) is 2.69. The van der Waals surface area contributed by atoms with Gasteiger partial charge in [-0.3, -0.25) is 14.4 Å². The number of hydrogen-bond acceptors (Lipinski definition) is 5. The molecule has 25 heavy (non-hydrogen) atoms. The first kappa shape index (κ1) is 19.9. The molecule has 0 fully saturated rings. The third-order valence-corrected chi connectivity index (χ3v) is 2.80. The van der Waals surface area contributed by atoms with Crippen molar-refractivity contribution < 1.29 is 23.9 Å². The number of benzene rings is 1. The van der Waals surface area contributed by atoms with Gasteiger partial charge in [0.15, 0.2) is 6.61 Å². The molecule has 0 radical (unpaired) electrons. The van der Waals surface area contributed by atoms with E-state index in [1.807, 2.05) is 6.07 Å². The van der Waals surface area contributed by atoms with E-state index in [9.17, 15) is 19.2 Å². The van der Waals surface area contributed by atoms with E-state index in [-0.39, 0.29) is 18.1 Å². The predicted molar refractivity (Wildman–Crippen MR) is 90.9 cm³/mol. The molecular formula is C17H21N3O5. The van der Waals surface area contributed by atoms with Crippen molar-refractivity contribution in [2.45, 2.75) is 13.8 Å². The molecule has 0 heterocycles. The Morgan fingerprint density at radius 2 is 1.72 bits per heavy atom. The highest BCUT2D eigenvalue weighted by Gasteiger charge is 2.15. The Bertz CT molecular complexity index is 656. The van der Waals surface area contributed by atoms with Gasteiger partial charge in [0.2, 0.25) is 11.8 Å². The van der Waals surface area contributed by atoms with Gasteiger partial charge >= 0.3 is 5.97 Å². The van der Waals surface area contributed by atoms with Gasteiger partial charge in [0, 0.05) is 13.5 Å². The summed E-state index contributed by atoms with van der Waals surface area (Å²) in [5.41, 5.74) is 0.596. The van der Waals surface area contributed by atoms with Crippen LogP contribution in [0.4, 0.5) is 0 Å². The first-order valence-electron chi connectivity index (χ1n) is 7.67. The lowest BCUT2D eigenvalue weighted by molar-refractivity contribution is -0.145. The minimum atomic E-state index is -0.854. The average molecular weight is 347 g/mol. The van der Waals surface area contributed by atoms with E-state index in [1.54, 1.807) is 31.2 Å². The van der Waals surface area contributed by atoms with Crippen LogP contribution in [0, 0.1) is 0 Å². The second-order valence-corrected chi connectivity index (χ2v) is 4.96. The Labute approximate surface area is 145 Å². The summed E-state index contributed by atoms with van der Waals surface area (Å²) in [6, 6.07) is 8.85. The lowest BCUT2D eigenvalue weighted by Gasteiger charge is -2.09. The molecule has 1 aromatic carbocycles. The minimum absolute atomic E-state index is 0.0878. The number of likely N-dealkylation sites (N-methyl/N-ethyl adjacent to an activating group) is 1. The smallest absolute Gasteiger partial charge is 0.355 e. The fraction of sp³-hybridized carbons (Fsp3) is 0.294. The molecule has 1 rings (SSSR count). The zero-order valence-corrected chi connectivity index (χ0v) is 14.1. The number of ether oxygens (including phenoxy) is 1. The van der Waals surface area contributed by atoms with Gasteiger partial charge in [0.25, 0.3) is 5.91 Å². The fourth-order valence-corrected chi connectivity index (χ4v) is 1.75. The zero-order valence-electron chi connectivity index (χ0n) is 14.1. The summed E-state index contributed by atoms with van der Waals surface area (Å²) in [5, 5.41) is 7.20. The van der Waals surface area contributed by atoms with Gasteiger partial charge in [0.1, 0.15) is 5.70 Å². The van der Waals surface area contributed by atoms with Crippen molar-refractivity contribution >= 4 is 29.8 Å². The van der Waals surface area contributed by atoms with Crippen LogP contribution in [0.2, 0.25) is 0 Å². The van der Waals surface area contributed by atoms with Crippen LogP contribution < -0.4 is 16.0 Å². The van der Waals surface area contributed by atoms with Crippen LogP contribution in [-0.4, -0.2) is 43.4 Å². The van der Waals surface area contributed by atoms with Crippen LogP contribution in [0.5, 0.6) is 0 Å². The molecule has 0 saturated carbocycles. The lowest BCUT2D eigenvalue weighted by Crippen LogP contribution is -2.39. The molecule has 0 aromatic heterocycles. The summed E-state index contributed by atoms with van der Waals surface area (Å²) in [6.07, 6.45) is 1.44. The van der Waals surface area contributed by atoms with Crippen molar-refractivity contribution in [2.24, 2.45) is 0 Å². The maximum absolute atomic E-state index is 12.1. The number of esters is 1. The number of carbonyl (C=O) groups excluding carboxylic acids is 4. The SMILES string of the molecule is CCNC(=O)CNC(=O)COC(=O)/C(=C/c1ccccc1)NC(C)=O. The van der Waals surface area contributed by atoms with Crippen LogP contribution in [0.15, 0.2) is 36.0 Å². The van der Waals surface area contributed by atoms with Gasteiger partial charge in [-0.2, -0.15) is 0 Å². The molecule has 134 valence electrons. The Kier molecular flexibility index (Phi) is 8.42. The average Bonchev–Trinajstić information content (AvgIpc) is 2.58. The Balaban J connectivity index is 2.61. The van der Waals surface area contributed by atoms with Crippen LogP contribution in [-0.2, 0) is 23.9 Å². The van der Waals surface area contributed by atoms with E-state index in [4.69, 9.17) is 4.74 Å². The standard InChI is InChI=1S/C17H21N3O5/c1-3-18-15(22)10-19-16(23)11-25-17(24)14(20-12(2)21)9-13-7-5-4-6-8-13/h4-9H,3,10-11H2,1-2H3,(H,18,22)(H,19,23)(H,20,21)/b14-9-. The van der Waals surface area contributed by atoms with Gasteiger partial charge in [-0.1, -0.05) is 30.3 Å². The Hall–Kier alpha value is -3.16. The Morgan fingerprint density at radius 1 is 1.04 bits per heavy atom. The molecule has 8 heteroatoms. The molecule has 3 amide bonds. The lowest BCUT2D eigenvalue weighted by atomic mass is 10.2. The molecule has 8 nitrogen and oxygen atoms in total. The largest absolute Gasteiger partial charge is 0.451 e. The maximum atomic E-state index is 12.1. The van der Waals surface area contributed by atoms with E-state index in [1.165, 1.54) is 13.0 Å². The highest BCUT2D eigenvalue weighted by molar-refractivity contribution is 5.98. The molecule has 0 aliphatic carbocycles. The van der Waals surface area contributed by atoms with Gasteiger partial charge < -0.3 is 20.7 Å². The second kappa shape index (κ2) is 10.6. The maximum Gasteiger partial charge on any atom is 0.355 e. The van der Waals surface area contributed by atoms with Crippen LogP contribution in [0.1, 0.15) is 19.4 Å². The van der Waals surface area contributed by atoms with Crippen LogP contribution in [0.25, 0.3) is 6.08 Å². The highest BCUT2D eigenvalue weighted by Crippen LogP contribution is 2.06. The third-order valence-electron chi connectivity index (χ3n) is 2.80. The van der Waals surface area contributed by atoms with Crippen molar-refractivity contribution in [3.05, 3.63) is 41.6 Å².